The average molecular weight is 428 g/mol. The summed E-state index contributed by atoms with van der Waals surface area (Å²) in [5, 5.41) is 0. The Hall–Kier alpha value is -2.96. The van der Waals surface area contributed by atoms with Crippen LogP contribution in [0.15, 0.2) is 30.3 Å². The fraction of sp³-hybridized carbons (Fsp3) is 0.500. The van der Waals surface area contributed by atoms with Crippen molar-refractivity contribution in [2.45, 2.75) is 59.1 Å². The molecule has 1 aliphatic heterocycles. The van der Waals surface area contributed by atoms with Crippen LogP contribution >= 0.6 is 0 Å². The van der Waals surface area contributed by atoms with Gasteiger partial charge in [0.05, 0.1) is 12.3 Å². The molecule has 3 rings (SSSR count). The summed E-state index contributed by atoms with van der Waals surface area (Å²) in [7, 11) is 0. The normalized spacial score (nSPS) is 14.4. The van der Waals surface area contributed by atoms with Gasteiger partial charge in [-0.1, -0.05) is 30.3 Å². The number of benzene rings is 1. The predicted molar refractivity (Wildman–Crippen MR) is 122 cm³/mol. The Kier molecular flexibility index (Phi) is 6.93. The Morgan fingerprint density at radius 2 is 1.68 bits per heavy atom. The van der Waals surface area contributed by atoms with Crippen LogP contribution < -0.4 is 10.6 Å². The lowest BCUT2D eigenvalue weighted by Gasteiger charge is -2.31. The SMILES string of the molecule is CCOC(=O)c1c(N)c(C(=O)OC(C)(C)C)c(N2CCCCC2)n1Cc1ccccc1. The Bertz CT molecular complexity index is 923. The van der Waals surface area contributed by atoms with E-state index < -0.39 is 17.5 Å². The van der Waals surface area contributed by atoms with Gasteiger partial charge in [0.1, 0.15) is 17.0 Å². The quantitative estimate of drug-likeness (QED) is 0.694. The van der Waals surface area contributed by atoms with Crippen molar-refractivity contribution in [2.75, 3.05) is 30.3 Å². The molecule has 1 aliphatic rings. The maximum atomic E-state index is 13.2. The van der Waals surface area contributed by atoms with Crippen LogP contribution in [-0.4, -0.2) is 41.8 Å². The predicted octanol–water partition coefficient (Wildman–Crippen LogP) is 4.24. The van der Waals surface area contributed by atoms with Crippen LogP contribution in [0.5, 0.6) is 0 Å². The van der Waals surface area contributed by atoms with E-state index >= 15 is 0 Å². The molecule has 7 nitrogen and oxygen atoms in total. The molecule has 1 saturated heterocycles. The van der Waals surface area contributed by atoms with E-state index in [9.17, 15) is 9.59 Å². The number of hydrogen-bond donors (Lipinski definition) is 1. The molecule has 0 amide bonds. The van der Waals surface area contributed by atoms with E-state index in [4.69, 9.17) is 15.2 Å². The van der Waals surface area contributed by atoms with Crippen molar-refractivity contribution >= 4 is 23.4 Å². The second kappa shape index (κ2) is 9.45. The highest BCUT2D eigenvalue weighted by Gasteiger charge is 2.35. The first kappa shape index (κ1) is 22.7. The third kappa shape index (κ3) is 5.21. The van der Waals surface area contributed by atoms with Gasteiger partial charge in [-0.25, -0.2) is 9.59 Å². The number of nitrogens with two attached hydrogens (primary N) is 1. The van der Waals surface area contributed by atoms with Crippen LogP contribution in [0.1, 0.15) is 73.4 Å². The second-order valence-corrected chi connectivity index (χ2v) is 8.80. The highest BCUT2D eigenvalue weighted by molar-refractivity contribution is 6.08. The van der Waals surface area contributed by atoms with Crippen LogP contribution in [0, 0.1) is 0 Å². The molecule has 0 aliphatic carbocycles. The summed E-state index contributed by atoms with van der Waals surface area (Å²) in [4.78, 5) is 28.3. The van der Waals surface area contributed by atoms with Gasteiger partial charge in [0.25, 0.3) is 0 Å². The molecule has 1 aromatic heterocycles. The lowest BCUT2D eigenvalue weighted by atomic mass is 10.1. The molecule has 0 saturated carbocycles. The fourth-order valence-electron chi connectivity index (χ4n) is 3.93. The average Bonchev–Trinajstić information content (AvgIpc) is 3.00. The zero-order valence-corrected chi connectivity index (χ0v) is 18.9. The Labute approximate surface area is 184 Å². The molecule has 2 aromatic rings. The number of carbonyl (C=O) groups excluding carboxylic acids is 2. The minimum absolute atomic E-state index is 0.115. The van der Waals surface area contributed by atoms with E-state index in [1.165, 1.54) is 0 Å². The van der Waals surface area contributed by atoms with E-state index in [1.807, 2.05) is 55.7 Å². The summed E-state index contributed by atoms with van der Waals surface area (Å²) >= 11 is 0. The lowest BCUT2D eigenvalue weighted by Crippen LogP contribution is -2.34. The number of rotatable bonds is 6. The van der Waals surface area contributed by atoms with Crippen LogP contribution in [0.3, 0.4) is 0 Å². The van der Waals surface area contributed by atoms with Gasteiger partial charge < -0.3 is 24.7 Å². The summed E-state index contributed by atoms with van der Waals surface area (Å²) in [5.41, 5.74) is 7.34. The molecule has 2 N–H and O–H groups in total. The fourth-order valence-corrected chi connectivity index (χ4v) is 3.93. The molecule has 168 valence electrons. The number of carbonyl (C=O) groups is 2. The van der Waals surface area contributed by atoms with E-state index in [2.05, 4.69) is 4.90 Å². The largest absolute Gasteiger partial charge is 0.461 e. The summed E-state index contributed by atoms with van der Waals surface area (Å²) in [5.74, 6) is -0.426. The maximum Gasteiger partial charge on any atom is 0.357 e. The van der Waals surface area contributed by atoms with Crippen molar-refractivity contribution in [2.24, 2.45) is 0 Å². The molecule has 0 spiro atoms. The van der Waals surface area contributed by atoms with E-state index in [1.54, 1.807) is 6.92 Å². The monoisotopic (exact) mass is 427 g/mol. The Morgan fingerprint density at radius 1 is 1.03 bits per heavy atom. The molecule has 1 fully saturated rings. The third-order valence-electron chi connectivity index (χ3n) is 5.18. The molecule has 2 heterocycles. The van der Waals surface area contributed by atoms with Crippen LogP contribution in [0.2, 0.25) is 0 Å². The molecular formula is C24H33N3O4. The number of aromatic nitrogens is 1. The standard InChI is InChI=1S/C24H33N3O4/c1-5-30-23(29)20-19(25)18(22(28)31-24(2,3)4)21(26-14-10-7-11-15-26)27(20)16-17-12-8-6-9-13-17/h6,8-9,12-13H,5,7,10-11,14-16,25H2,1-4H3. The molecule has 31 heavy (non-hydrogen) atoms. The number of piperidine rings is 1. The Balaban J connectivity index is 2.21. The molecular weight excluding hydrogens is 394 g/mol. The third-order valence-corrected chi connectivity index (χ3v) is 5.18. The molecule has 7 heteroatoms. The lowest BCUT2D eigenvalue weighted by molar-refractivity contribution is 0.00713. The molecule has 0 atom stereocenters. The Morgan fingerprint density at radius 3 is 2.26 bits per heavy atom. The van der Waals surface area contributed by atoms with Gasteiger partial charge in [0.2, 0.25) is 0 Å². The van der Waals surface area contributed by atoms with Gasteiger partial charge in [0, 0.05) is 19.6 Å². The topological polar surface area (TPSA) is 86.8 Å². The van der Waals surface area contributed by atoms with Crippen LogP contribution in [-0.2, 0) is 16.0 Å². The minimum atomic E-state index is -0.686. The second-order valence-electron chi connectivity index (χ2n) is 8.80. The number of ether oxygens (including phenoxy) is 2. The first-order valence-electron chi connectivity index (χ1n) is 10.9. The maximum absolute atomic E-state index is 13.2. The summed E-state index contributed by atoms with van der Waals surface area (Å²) in [6.45, 7) is 9.38. The van der Waals surface area contributed by atoms with E-state index in [0.717, 1.165) is 37.9 Å². The van der Waals surface area contributed by atoms with E-state index in [0.29, 0.717) is 12.4 Å². The zero-order chi connectivity index (χ0) is 22.6. The number of anilines is 2. The van der Waals surface area contributed by atoms with Crippen molar-refractivity contribution in [3.8, 4) is 0 Å². The van der Waals surface area contributed by atoms with Crippen molar-refractivity contribution < 1.29 is 19.1 Å². The summed E-state index contributed by atoms with van der Waals surface area (Å²) < 4.78 is 12.8. The van der Waals surface area contributed by atoms with Gasteiger partial charge in [-0.2, -0.15) is 0 Å². The smallest absolute Gasteiger partial charge is 0.357 e. The number of hydrogen-bond acceptors (Lipinski definition) is 6. The molecule has 0 unspecified atom stereocenters. The molecule has 0 radical (unpaired) electrons. The minimum Gasteiger partial charge on any atom is -0.461 e. The number of nitrogen functional groups attached to an aromatic ring is 1. The van der Waals surface area contributed by atoms with Crippen molar-refractivity contribution in [3.05, 3.63) is 47.2 Å². The molecule has 1 aromatic carbocycles. The first-order valence-corrected chi connectivity index (χ1v) is 10.9. The van der Waals surface area contributed by atoms with Gasteiger partial charge in [-0.15, -0.1) is 0 Å². The van der Waals surface area contributed by atoms with Gasteiger partial charge in [-0.3, -0.25) is 0 Å². The summed E-state index contributed by atoms with van der Waals surface area (Å²) in [6, 6.07) is 9.80. The van der Waals surface area contributed by atoms with Crippen molar-refractivity contribution in [1.29, 1.82) is 0 Å². The van der Waals surface area contributed by atoms with Gasteiger partial charge in [-0.05, 0) is 52.5 Å². The number of nitrogens with zero attached hydrogens (tertiary/aromatic N) is 2. The van der Waals surface area contributed by atoms with Crippen LogP contribution in [0.25, 0.3) is 0 Å². The first-order chi connectivity index (χ1) is 14.7. The highest BCUT2D eigenvalue weighted by Crippen LogP contribution is 2.37. The van der Waals surface area contributed by atoms with Crippen molar-refractivity contribution in [3.63, 3.8) is 0 Å². The van der Waals surface area contributed by atoms with Gasteiger partial charge >= 0.3 is 11.9 Å². The van der Waals surface area contributed by atoms with Crippen LogP contribution in [0.4, 0.5) is 11.5 Å². The van der Waals surface area contributed by atoms with E-state index in [-0.39, 0.29) is 23.6 Å². The zero-order valence-electron chi connectivity index (χ0n) is 18.9. The van der Waals surface area contributed by atoms with Gasteiger partial charge in [0.15, 0.2) is 5.69 Å². The highest BCUT2D eigenvalue weighted by atomic mass is 16.6. The van der Waals surface area contributed by atoms with Crippen molar-refractivity contribution in [1.82, 2.24) is 4.57 Å². The summed E-state index contributed by atoms with van der Waals surface area (Å²) in [6.07, 6.45) is 3.16. The molecule has 0 bridgehead atoms. The number of esters is 2.